The third kappa shape index (κ3) is 2.24. The van der Waals surface area contributed by atoms with Crippen LogP contribution in [0.3, 0.4) is 0 Å². The molecule has 76 valence electrons. The summed E-state index contributed by atoms with van der Waals surface area (Å²) in [5.41, 5.74) is 1.30. The van der Waals surface area contributed by atoms with Gasteiger partial charge in [-0.1, -0.05) is 23.7 Å². The molecule has 0 saturated heterocycles. The lowest BCUT2D eigenvalue weighted by Crippen LogP contribution is -2.02. The molecule has 0 aliphatic rings. The minimum absolute atomic E-state index is 0.00810. The van der Waals surface area contributed by atoms with E-state index in [1.807, 2.05) is 29.6 Å². The number of hydrogen-bond acceptors (Lipinski definition) is 2. The van der Waals surface area contributed by atoms with Gasteiger partial charge in [0.25, 0.3) is 0 Å². The summed E-state index contributed by atoms with van der Waals surface area (Å²) in [7, 11) is 0. The fourth-order valence-electron chi connectivity index (χ4n) is 1.25. The highest BCUT2D eigenvalue weighted by Gasteiger charge is 2.15. The van der Waals surface area contributed by atoms with E-state index in [1.54, 1.807) is 6.07 Å². The number of carbonyl (C=O) groups excluding carboxylic acids is 1. The van der Waals surface area contributed by atoms with Gasteiger partial charge in [-0.05, 0) is 46.2 Å². The lowest BCUT2D eigenvalue weighted by molar-refractivity contribution is 0.103. The van der Waals surface area contributed by atoms with E-state index in [9.17, 15) is 4.79 Å². The maximum Gasteiger partial charge on any atom is 0.196 e. The first-order valence-corrected chi connectivity index (χ1v) is 6.56. The molecule has 0 saturated carbocycles. The van der Waals surface area contributed by atoms with Crippen molar-refractivity contribution in [3.63, 3.8) is 0 Å². The number of ketones is 1. The van der Waals surface area contributed by atoms with Crippen LogP contribution >= 0.6 is 45.5 Å². The average Bonchev–Trinajstić information content (AvgIpc) is 2.64. The number of thiophene rings is 1. The van der Waals surface area contributed by atoms with Crippen LogP contribution in [-0.2, 0) is 0 Å². The van der Waals surface area contributed by atoms with Crippen molar-refractivity contribution >= 4 is 51.3 Å². The smallest absolute Gasteiger partial charge is 0.196 e. The maximum absolute atomic E-state index is 12.1. The highest BCUT2D eigenvalue weighted by atomic mass is 127. The molecule has 0 N–H and O–H groups in total. The summed E-state index contributed by atoms with van der Waals surface area (Å²) < 4.78 is 1.50. The van der Waals surface area contributed by atoms with Gasteiger partial charge in [0.05, 0.1) is 5.56 Å². The van der Waals surface area contributed by atoms with Crippen molar-refractivity contribution in [3.05, 3.63) is 54.7 Å². The standard InChI is InChI=1S/C11H6ClIOS/c12-11-8(5-6-15-11)10(14)7-3-1-2-4-9(7)13/h1-6H. The van der Waals surface area contributed by atoms with Gasteiger partial charge in [0, 0.05) is 9.13 Å². The van der Waals surface area contributed by atoms with Crippen molar-refractivity contribution < 1.29 is 4.79 Å². The third-order valence-electron chi connectivity index (χ3n) is 1.98. The molecule has 0 amide bonds. The average molecular weight is 349 g/mol. The minimum atomic E-state index is -0.00810. The number of carbonyl (C=O) groups is 1. The Kier molecular flexibility index (Phi) is 3.43. The Morgan fingerprint density at radius 2 is 1.93 bits per heavy atom. The largest absolute Gasteiger partial charge is 0.288 e. The van der Waals surface area contributed by atoms with Crippen LogP contribution in [0.4, 0.5) is 0 Å². The van der Waals surface area contributed by atoms with E-state index in [0.717, 1.165) is 3.57 Å². The normalized spacial score (nSPS) is 10.3. The first-order valence-electron chi connectivity index (χ1n) is 4.22. The van der Waals surface area contributed by atoms with E-state index in [2.05, 4.69) is 22.6 Å². The summed E-state index contributed by atoms with van der Waals surface area (Å²) >= 11 is 9.46. The second-order valence-corrected chi connectivity index (χ2v) is 5.60. The highest BCUT2D eigenvalue weighted by Crippen LogP contribution is 2.26. The number of rotatable bonds is 2. The van der Waals surface area contributed by atoms with Crippen molar-refractivity contribution in [2.45, 2.75) is 0 Å². The molecule has 15 heavy (non-hydrogen) atoms. The van der Waals surface area contributed by atoms with Gasteiger partial charge < -0.3 is 0 Å². The molecule has 4 heteroatoms. The molecule has 1 aromatic heterocycles. The summed E-state index contributed by atoms with van der Waals surface area (Å²) in [5, 5.41) is 1.82. The van der Waals surface area contributed by atoms with Gasteiger partial charge in [-0.3, -0.25) is 4.79 Å². The van der Waals surface area contributed by atoms with E-state index in [0.29, 0.717) is 15.5 Å². The van der Waals surface area contributed by atoms with Crippen molar-refractivity contribution in [1.29, 1.82) is 0 Å². The minimum Gasteiger partial charge on any atom is -0.288 e. The molecule has 0 spiro atoms. The Hall–Kier alpha value is -0.390. The number of benzene rings is 1. The second-order valence-electron chi connectivity index (χ2n) is 2.92. The molecule has 1 nitrogen and oxygen atoms in total. The van der Waals surface area contributed by atoms with Gasteiger partial charge in [-0.2, -0.15) is 0 Å². The quantitative estimate of drug-likeness (QED) is 0.586. The fraction of sp³-hybridized carbons (Fsp3) is 0. The first-order chi connectivity index (χ1) is 7.20. The molecule has 0 aliphatic carbocycles. The fourth-order valence-corrected chi connectivity index (χ4v) is 2.79. The summed E-state index contributed by atoms with van der Waals surface area (Å²) in [4.78, 5) is 12.1. The van der Waals surface area contributed by atoms with E-state index in [-0.39, 0.29) is 5.78 Å². The Morgan fingerprint density at radius 3 is 2.53 bits per heavy atom. The topological polar surface area (TPSA) is 17.1 Å². The van der Waals surface area contributed by atoms with E-state index < -0.39 is 0 Å². The molecule has 1 heterocycles. The van der Waals surface area contributed by atoms with Gasteiger partial charge in [-0.15, -0.1) is 11.3 Å². The second kappa shape index (κ2) is 4.63. The van der Waals surface area contributed by atoms with Gasteiger partial charge in [0.1, 0.15) is 4.34 Å². The predicted molar refractivity (Wildman–Crippen MR) is 71.9 cm³/mol. The van der Waals surface area contributed by atoms with Gasteiger partial charge >= 0.3 is 0 Å². The van der Waals surface area contributed by atoms with Crippen LogP contribution < -0.4 is 0 Å². The predicted octanol–water partition coefficient (Wildman–Crippen LogP) is 4.24. The van der Waals surface area contributed by atoms with Crippen LogP contribution in [0.1, 0.15) is 15.9 Å². The van der Waals surface area contributed by atoms with E-state index in [1.165, 1.54) is 11.3 Å². The van der Waals surface area contributed by atoms with Crippen LogP contribution in [-0.4, -0.2) is 5.78 Å². The van der Waals surface area contributed by atoms with Crippen molar-refractivity contribution in [1.82, 2.24) is 0 Å². The zero-order valence-corrected chi connectivity index (χ0v) is 11.3. The van der Waals surface area contributed by atoms with Crippen molar-refractivity contribution in [2.75, 3.05) is 0 Å². The molecular formula is C11H6ClIOS. The van der Waals surface area contributed by atoms with Crippen LogP contribution in [0.5, 0.6) is 0 Å². The SMILES string of the molecule is O=C(c1ccccc1I)c1ccsc1Cl. The van der Waals surface area contributed by atoms with Crippen molar-refractivity contribution in [3.8, 4) is 0 Å². The van der Waals surface area contributed by atoms with Crippen LogP contribution in [0, 0.1) is 3.57 Å². The zero-order chi connectivity index (χ0) is 10.8. The zero-order valence-electron chi connectivity index (χ0n) is 7.54. The Balaban J connectivity index is 2.46. The van der Waals surface area contributed by atoms with Gasteiger partial charge in [-0.25, -0.2) is 0 Å². The van der Waals surface area contributed by atoms with Crippen LogP contribution in [0.15, 0.2) is 35.7 Å². The lowest BCUT2D eigenvalue weighted by Gasteiger charge is -2.01. The Morgan fingerprint density at radius 1 is 1.20 bits per heavy atom. The monoisotopic (exact) mass is 348 g/mol. The molecule has 0 radical (unpaired) electrons. The summed E-state index contributed by atoms with van der Waals surface area (Å²) in [6.07, 6.45) is 0. The summed E-state index contributed by atoms with van der Waals surface area (Å²) in [6, 6.07) is 9.26. The summed E-state index contributed by atoms with van der Waals surface area (Å²) in [5.74, 6) is -0.00810. The third-order valence-corrected chi connectivity index (χ3v) is 4.09. The van der Waals surface area contributed by atoms with E-state index in [4.69, 9.17) is 11.6 Å². The lowest BCUT2D eigenvalue weighted by atomic mass is 10.1. The number of hydrogen-bond donors (Lipinski definition) is 0. The molecule has 1 aromatic carbocycles. The van der Waals surface area contributed by atoms with Gasteiger partial charge in [0.15, 0.2) is 5.78 Å². The van der Waals surface area contributed by atoms with Gasteiger partial charge in [0.2, 0.25) is 0 Å². The molecule has 2 aromatic rings. The first kappa shape index (κ1) is 11.1. The molecule has 0 bridgehead atoms. The number of halogens is 2. The summed E-state index contributed by atoms with van der Waals surface area (Å²) in [6.45, 7) is 0. The van der Waals surface area contributed by atoms with Crippen LogP contribution in [0.2, 0.25) is 4.34 Å². The highest BCUT2D eigenvalue weighted by molar-refractivity contribution is 14.1. The molecule has 0 atom stereocenters. The van der Waals surface area contributed by atoms with Crippen molar-refractivity contribution in [2.24, 2.45) is 0 Å². The van der Waals surface area contributed by atoms with Crippen LogP contribution in [0.25, 0.3) is 0 Å². The molecular weight excluding hydrogens is 343 g/mol. The Bertz CT molecular complexity index is 507. The Labute approximate surface area is 110 Å². The molecule has 0 fully saturated rings. The molecule has 0 aliphatic heterocycles. The molecule has 0 unspecified atom stereocenters. The van der Waals surface area contributed by atoms with E-state index >= 15 is 0 Å². The maximum atomic E-state index is 12.1. The molecule has 2 rings (SSSR count).